The molecule has 9 aromatic rings. The van der Waals surface area contributed by atoms with Gasteiger partial charge in [0.25, 0.3) is 0 Å². The van der Waals surface area contributed by atoms with Gasteiger partial charge < -0.3 is 28.9 Å². The number of benzene rings is 6. The summed E-state index contributed by atoms with van der Waals surface area (Å²) in [6.07, 6.45) is 0. The first-order chi connectivity index (χ1) is 38.0. The third-order valence-electron chi connectivity index (χ3n) is 12.8. The molecule has 2 aliphatic rings. The molecule has 0 spiro atoms. The van der Waals surface area contributed by atoms with Gasteiger partial charge in [0.15, 0.2) is 34.8 Å². The summed E-state index contributed by atoms with van der Waals surface area (Å²) >= 11 is 2.11. The molecule has 14 nitrogen and oxygen atoms in total. The van der Waals surface area contributed by atoms with E-state index in [2.05, 4.69) is 110 Å². The fourth-order valence-electron chi connectivity index (χ4n) is 9.00. The fourth-order valence-corrected chi connectivity index (χ4v) is 11.4. The van der Waals surface area contributed by atoms with Crippen molar-refractivity contribution in [3.05, 3.63) is 133 Å². The van der Waals surface area contributed by atoms with E-state index < -0.39 is 7.37 Å². The molecule has 0 saturated carbocycles. The average Bonchev–Trinajstić information content (AvgIpc) is 4.34. The van der Waals surface area contributed by atoms with Crippen LogP contribution in [0.25, 0.3) is 89.7 Å². The van der Waals surface area contributed by atoms with Gasteiger partial charge in [-0.3, -0.25) is 0 Å². The standard InChI is InChI=1S/C52H58N8O4.C12H11O2P.Al/c1-49(2,3)25-61-37-35-36(38(62-26-50(4,5)6)40(64-28-52(10,11)12)39(37)63-27-51(7,8)9)48-59-46-34-24-18-16-22-32(34)44(57-46)55-42-30-20-14-13-19-29(30)41(53-42)54-43-31-21-15-17-23-33(31)45(56-43)58-47(35)60-48;13-15(14,11-7-3-1-4-8-11)12-9-5-2-6-10-12;/h13-24H,25-28H2,1-12H3,(H2,53,54,55,56,57,58,59,60);1-10H,(H,13,14);/q;;+3/p-1. The number of fused-ring (bicyclic) bond motifs is 20. The zero-order valence-corrected chi connectivity index (χ0v) is 49.7. The Bertz CT molecular complexity index is 3740. The van der Waals surface area contributed by atoms with Crippen molar-refractivity contribution in [1.82, 2.24) is 39.9 Å². The van der Waals surface area contributed by atoms with Crippen molar-refractivity contribution in [3.63, 3.8) is 0 Å². The van der Waals surface area contributed by atoms with E-state index >= 15 is 0 Å². The molecule has 0 fully saturated rings. The van der Waals surface area contributed by atoms with Gasteiger partial charge >= 0.3 is 103 Å². The number of aromatic nitrogens is 8. The summed E-state index contributed by atoms with van der Waals surface area (Å²) < 4.78 is 45.9. The van der Waals surface area contributed by atoms with Gasteiger partial charge in [-0.05, 0) is 21.7 Å². The van der Waals surface area contributed by atoms with E-state index in [9.17, 15) is 4.57 Å². The first kappa shape index (κ1) is 55.9. The zero-order chi connectivity index (χ0) is 56.8. The molecule has 2 N–H and O–H groups in total. The van der Waals surface area contributed by atoms with E-state index in [0.29, 0.717) is 117 Å². The minimum atomic E-state index is -2.94. The van der Waals surface area contributed by atoms with Crippen molar-refractivity contribution in [3.8, 4) is 68.5 Å². The van der Waals surface area contributed by atoms with Crippen LogP contribution in [0.2, 0.25) is 0 Å². The molecule has 5 heterocycles. The predicted molar refractivity (Wildman–Crippen MR) is 322 cm³/mol. The number of aromatic amines is 2. The summed E-state index contributed by atoms with van der Waals surface area (Å²) in [5, 5.41) is 4.47. The first-order valence-electron chi connectivity index (χ1n) is 26.9. The van der Waals surface area contributed by atoms with E-state index in [0.717, 1.165) is 33.0 Å². The quantitative estimate of drug-likeness (QED) is 0.0929. The van der Waals surface area contributed by atoms with Crippen molar-refractivity contribution >= 4 is 78.7 Å². The second kappa shape index (κ2) is 21.9. The summed E-state index contributed by atoms with van der Waals surface area (Å²) in [6.45, 7) is 27.2. The van der Waals surface area contributed by atoms with Crippen LogP contribution in [-0.2, 0) is 8.14 Å². The molecule has 80 heavy (non-hydrogen) atoms. The van der Waals surface area contributed by atoms with Crippen LogP contribution < -0.4 is 29.6 Å². The molecule has 0 amide bonds. The molecule has 0 atom stereocenters. The van der Waals surface area contributed by atoms with E-state index in [4.69, 9.17) is 52.4 Å². The van der Waals surface area contributed by atoms with Gasteiger partial charge in [0, 0.05) is 33.0 Å². The summed E-state index contributed by atoms with van der Waals surface area (Å²) in [5.41, 5.74) is 4.65. The molecule has 3 aromatic heterocycles. The summed E-state index contributed by atoms with van der Waals surface area (Å²) in [4.78, 5) is 38.6. The predicted octanol–water partition coefficient (Wildman–Crippen LogP) is 14.6. The molecule has 406 valence electrons. The maximum atomic E-state index is 12.7. The Morgan fingerprint density at radius 3 is 0.963 bits per heavy atom. The average molecular weight is 1100 g/mol. The van der Waals surface area contributed by atoms with E-state index in [1.807, 2.05) is 133 Å². The number of H-pyrrole nitrogens is 2. The third kappa shape index (κ3) is 12.0. The van der Waals surface area contributed by atoms with Crippen molar-refractivity contribution in [2.75, 3.05) is 26.4 Å². The SMILES string of the molecule is CC(C)(C)COc1c(OCC(C)(C)C)c(OCC(C)(C)C)c2c3nc4nc(nc5[nH]c(nc6nc(nc([nH]3)c2c1OCC(C)(C)C)-c1ccccc1-6)c1ccccc51)-c1ccccc1-4.O=P([O][Al+2])(c1ccccc1)c1ccccc1. The number of nitrogens with zero attached hydrogens (tertiary/aromatic N) is 6. The normalized spacial score (nSPS) is 12.6. The Hall–Kier alpha value is -7.40. The second-order valence-electron chi connectivity index (χ2n) is 25.0. The molecule has 16 heteroatoms. The van der Waals surface area contributed by atoms with Crippen LogP contribution in [0, 0.1) is 21.7 Å². The molecule has 2 aliphatic heterocycles. The number of rotatable bonds is 11. The van der Waals surface area contributed by atoms with Gasteiger partial charge in [0.2, 0.25) is 11.5 Å². The first-order valence-corrected chi connectivity index (χ1v) is 29.0. The minimum absolute atomic E-state index is 0.212. The molecule has 6 aromatic carbocycles. The van der Waals surface area contributed by atoms with Crippen LogP contribution in [0.15, 0.2) is 133 Å². The van der Waals surface area contributed by atoms with Crippen LogP contribution >= 0.6 is 7.37 Å². The van der Waals surface area contributed by atoms with Crippen molar-refractivity contribution in [2.45, 2.75) is 83.1 Å². The number of hydrogen-bond acceptors (Lipinski definition) is 12. The molecule has 0 radical (unpaired) electrons. The molecular formula is C64H68AlN8O6P+2. The summed E-state index contributed by atoms with van der Waals surface area (Å²) in [6, 6.07) is 42.6. The van der Waals surface area contributed by atoms with Crippen LogP contribution in [0.4, 0.5) is 0 Å². The summed E-state index contributed by atoms with van der Waals surface area (Å²) in [7, 11) is -2.94. The third-order valence-corrected chi connectivity index (χ3v) is 15.9. The Morgan fingerprint density at radius 2 is 0.650 bits per heavy atom. The van der Waals surface area contributed by atoms with Gasteiger partial charge in [-0.2, -0.15) is 0 Å². The molecule has 11 rings (SSSR count). The van der Waals surface area contributed by atoms with E-state index in [-0.39, 0.29) is 21.7 Å². The molecular weight excluding hydrogens is 1030 g/mol. The molecule has 0 saturated heterocycles. The van der Waals surface area contributed by atoms with Gasteiger partial charge in [0.1, 0.15) is 22.6 Å². The van der Waals surface area contributed by atoms with E-state index in [1.54, 1.807) is 0 Å². The Labute approximate surface area is 476 Å². The Morgan fingerprint density at radius 1 is 0.375 bits per heavy atom. The van der Waals surface area contributed by atoms with Crippen molar-refractivity contribution in [1.29, 1.82) is 0 Å². The van der Waals surface area contributed by atoms with Crippen molar-refractivity contribution in [2.24, 2.45) is 21.7 Å². The second-order valence-corrected chi connectivity index (χ2v) is 28.0. The Kier molecular flexibility index (Phi) is 15.3. The van der Waals surface area contributed by atoms with Crippen molar-refractivity contribution < 1.29 is 27.1 Å². The van der Waals surface area contributed by atoms with Crippen LogP contribution in [0.1, 0.15) is 83.1 Å². The summed E-state index contributed by atoms with van der Waals surface area (Å²) in [5.74, 6) is 3.80. The maximum absolute atomic E-state index is 12.7. The monoisotopic (exact) mass is 1100 g/mol. The zero-order valence-electron chi connectivity index (χ0n) is 47.7. The van der Waals surface area contributed by atoms with Crippen LogP contribution in [-0.4, -0.2) is 82.9 Å². The van der Waals surface area contributed by atoms with Gasteiger partial charge in [-0.15, -0.1) is 0 Å². The molecule has 0 unspecified atom stereocenters. The molecule has 8 bridgehead atoms. The van der Waals surface area contributed by atoms with Gasteiger partial charge in [0.05, 0.1) is 37.2 Å². The topological polar surface area (TPSA) is 172 Å². The van der Waals surface area contributed by atoms with Crippen LogP contribution in [0.5, 0.6) is 23.0 Å². The van der Waals surface area contributed by atoms with Gasteiger partial charge in [-0.1, -0.05) is 156 Å². The Balaban J connectivity index is 0.000000386. The number of ether oxygens (including phenoxy) is 4. The fraction of sp³-hybridized carbons (Fsp3) is 0.312. The van der Waals surface area contributed by atoms with E-state index in [1.165, 1.54) is 0 Å². The molecule has 0 aliphatic carbocycles. The van der Waals surface area contributed by atoms with Gasteiger partial charge in [-0.25, -0.2) is 29.9 Å². The number of nitrogens with one attached hydrogen (secondary N) is 2. The van der Waals surface area contributed by atoms with Crippen LogP contribution in [0.3, 0.4) is 0 Å². The number of hydrogen-bond donors (Lipinski definition) is 2.